The van der Waals surface area contributed by atoms with Crippen LogP contribution < -0.4 is 5.43 Å². The molecule has 2 rings (SSSR count). The summed E-state index contributed by atoms with van der Waals surface area (Å²) in [7, 11) is 1.43. The third-order valence-electron chi connectivity index (χ3n) is 2.74. The van der Waals surface area contributed by atoms with Crippen LogP contribution in [0.15, 0.2) is 47.6 Å². The van der Waals surface area contributed by atoms with E-state index in [-0.39, 0.29) is 5.00 Å². The van der Waals surface area contributed by atoms with Gasteiger partial charge < -0.3 is 4.74 Å². The zero-order chi connectivity index (χ0) is 15.9. The van der Waals surface area contributed by atoms with Crippen LogP contribution in [-0.4, -0.2) is 24.2 Å². The molecule has 0 saturated carbocycles. The standard InChI is InChI=1S/C14H13N3O4S/c1-21-13(10-5-3-2-4-6-10)14(18)16-15-9-11-7-8-12(22-11)17(19)20/h2-9,13H,1H3,(H,16,18)/t13-/m1/s1. The van der Waals surface area contributed by atoms with E-state index in [1.54, 1.807) is 18.2 Å². The SMILES string of the molecule is CO[C@@H](C(=O)NN=Cc1ccc([N+](=O)[O-])s1)c1ccccc1. The highest BCUT2D eigenvalue weighted by molar-refractivity contribution is 7.16. The van der Waals surface area contributed by atoms with Crippen LogP contribution in [-0.2, 0) is 9.53 Å². The van der Waals surface area contributed by atoms with Crippen molar-refractivity contribution < 1.29 is 14.5 Å². The molecule has 0 saturated heterocycles. The van der Waals surface area contributed by atoms with Gasteiger partial charge in [0.2, 0.25) is 0 Å². The molecule has 0 aliphatic carbocycles. The van der Waals surface area contributed by atoms with E-state index in [0.29, 0.717) is 10.4 Å². The van der Waals surface area contributed by atoms with Crippen molar-refractivity contribution in [1.29, 1.82) is 0 Å². The molecular weight excluding hydrogens is 306 g/mol. The van der Waals surface area contributed by atoms with Crippen molar-refractivity contribution in [2.45, 2.75) is 6.10 Å². The summed E-state index contributed by atoms with van der Waals surface area (Å²) in [5.41, 5.74) is 3.07. The molecule has 0 spiro atoms. The molecule has 0 aliphatic rings. The summed E-state index contributed by atoms with van der Waals surface area (Å²) in [4.78, 5) is 22.7. The number of nitrogens with zero attached hydrogens (tertiary/aromatic N) is 2. The largest absolute Gasteiger partial charge is 0.367 e. The van der Waals surface area contributed by atoms with E-state index in [2.05, 4.69) is 10.5 Å². The van der Waals surface area contributed by atoms with Crippen LogP contribution in [0, 0.1) is 10.1 Å². The number of benzene rings is 1. The number of carbonyl (C=O) groups is 1. The number of thiophene rings is 1. The van der Waals surface area contributed by atoms with E-state index < -0.39 is 16.9 Å². The average Bonchev–Trinajstić information content (AvgIpc) is 2.98. The number of nitrogens with one attached hydrogen (secondary N) is 1. The van der Waals surface area contributed by atoms with E-state index in [1.165, 1.54) is 19.4 Å². The molecule has 2 aromatic rings. The minimum absolute atomic E-state index is 0.0202. The Morgan fingerprint density at radius 1 is 1.36 bits per heavy atom. The number of rotatable bonds is 6. The zero-order valence-electron chi connectivity index (χ0n) is 11.6. The second-order valence-electron chi connectivity index (χ2n) is 4.19. The lowest BCUT2D eigenvalue weighted by molar-refractivity contribution is -0.380. The highest BCUT2D eigenvalue weighted by Crippen LogP contribution is 2.22. The Balaban J connectivity index is 1.98. The fraction of sp³-hybridized carbons (Fsp3) is 0.143. The molecule has 1 amide bonds. The fourth-order valence-electron chi connectivity index (χ4n) is 1.75. The van der Waals surface area contributed by atoms with Gasteiger partial charge in [0.25, 0.3) is 5.91 Å². The van der Waals surface area contributed by atoms with Crippen molar-refractivity contribution in [1.82, 2.24) is 5.43 Å². The van der Waals surface area contributed by atoms with Crippen molar-refractivity contribution in [2.75, 3.05) is 7.11 Å². The molecule has 0 bridgehead atoms. The van der Waals surface area contributed by atoms with Gasteiger partial charge in [-0.2, -0.15) is 5.10 Å². The van der Waals surface area contributed by atoms with Gasteiger partial charge in [-0.15, -0.1) is 0 Å². The molecule has 0 aliphatic heterocycles. The van der Waals surface area contributed by atoms with E-state index >= 15 is 0 Å². The summed E-state index contributed by atoms with van der Waals surface area (Å²) < 4.78 is 5.16. The second-order valence-corrected chi connectivity index (χ2v) is 5.29. The predicted octanol–water partition coefficient (Wildman–Crippen LogP) is 2.49. The topological polar surface area (TPSA) is 93.8 Å². The van der Waals surface area contributed by atoms with Crippen molar-refractivity contribution in [2.24, 2.45) is 5.10 Å². The van der Waals surface area contributed by atoms with Crippen LogP contribution in [0.1, 0.15) is 16.5 Å². The predicted molar refractivity (Wildman–Crippen MR) is 82.9 cm³/mol. The average molecular weight is 319 g/mol. The van der Waals surface area contributed by atoms with Crippen LogP contribution >= 0.6 is 11.3 Å². The van der Waals surface area contributed by atoms with Gasteiger partial charge >= 0.3 is 5.00 Å². The molecular formula is C14H13N3O4S. The molecule has 1 atom stereocenters. The number of hydrogen-bond donors (Lipinski definition) is 1. The van der Waals surface area contributed by atoms with Crippen LogP contribution in [0.5, 0.6) is 0 Å². The summed E-state index contributed by atoms with van der Waals surface area (Å²) in [6.07, 6.45) is 0.587. The summed E-state index contributed by atoms with van der Waals surface area (Å²) in [6.45, 7) is 0. The Kier molecular flexibility index (Phi) is 5.34. The Hall–Kier alpha value is -2.58. The fourth-order valence-corrected chi connectivity index (χ4v) is 2.44. The monoisotopic (exact) mass is 319 g/mol. The first-order valence-corrected chi connectivity index (χ1v) is 7.08. The Labute approximate surface area is 130 Å². The van der Waals surface area contributed by atoms with Crippen molar-refractivity contribution in [3.63, 3.8) is 0 Å². The highest BCUT2D eigenvalue weighted by atomic mass is 32.1. The maximum atomic E-state index is 12.0. The van der Waals surface area contributed by atoms with E-state index in [1.807, 2.05) is 18.2 Å². The summed E-state index contributed by atoms with van der Waals surface area (Å²) in [5.74, 6) is -0.420. The summed E-state index contributed by atoms with van der Waals surface area (Å²) in [5, 5.41) is 14.4. The molecule has 0 fully saturated rings. The third kappa shape index (κ3) is 3.96. The molecule has 1 aromatic heterocycles. The molecule has 0 unspecified atom stereocenters. The molecule has 114 valence electrons. The number of nitro groups is 1. The van der Waals surface area contributed by atoms with Crippen molar-refractivity contribution in [3.05, 3.63) is 63.0 Å². The molecule has 8 heteroatoms. The lowest BCUT2D eigenvalue weighted by Gasteiger charge is -2.13. The molecule has 22 heavy (non-hydrogen) atoms. The Bertz CT molecular complexity index is 684. The van der Waals surface area contributed by atoms with Gasteiger partial charge in [0.15, 0.2) is 6.10 Å². The van der Waals surface area contributed by atoms with Crippen LogP contribution in [0.3, 0.4) is 0 Å². The maximum absolute atomic E-state index is 12.0. The Morgan fingerprint density at radius 3 is 2.68 bits per heavy atom. The molecule has 1 N–H and O–H groups in total. The number of carbonyl (C=O) groups excluding carboxylic acids is 1. The molecule has 1 aromatic carbocycles. The van der Waals surface area contributed by atoms with Crippen LogP contribution in [0.4, 0.5) is 5.00 Å². The van der Waals surface area contributed by atoms with Gasteiger partial charge in [-0.3, -0.25) is 14.9 Å². The smallest absolute Gasteiger partial charge is 0.324 e. The second kappa shape index (κ2) is 7.43. The normalized spacial score (nSPS) is 12.2. The minimum atomic E-state index is -0.768. The molecule has 0 radical (unpaired) electrons. The molecule has 1 heterocycles. The van der Waals surface area contributed by atoms with Gasteiger partial charge in [0, 0.05) is 13.2 Å². The first-order valence-electron chi connectivity index (χ1n) is 6.26. The first-order chi connectivity index (χ1) is 10.6. The number of methoxy groups -OCH3 is 1. The van der Waals surface area contributed by atoms with Gasteiger partial charge in [0.1, 0.15) is 0 Å². The van der Waals surface area contributed by atoms with E-state index in [0.717, 1.165) is 11.3 Å². The Morgan fingerprint density at radius 2 is 2.09 bits per heavy atom. The van der Waals surface area contributed by atoms with Gasteiger partial charge in [-0.1, -0.05) is 41.7 Å². The summed E-state index contributed by atoms with van der Waals surface area (Å²) in [6, 6.07) is 12.0. The quantitative estimate of drug-likeness (QED) is 0.503. The van der Waals surface area contributed by atoms with E-state index in [4.69, 9.17) is 4.74 Å². The highest BCUT2D eigenvalue weighted by Gasteiger charge is 2.19. The van der Waals surface area contributed by atoms with E-state index in [9.17, 15) is 14.9 Å². The maximum Gasteiger partial charge on any atom is 0.324 e. The van der Waals surface area contributed by atoms with Crippen molar-refractivity contribution in [3.8, 4) is 0 Å². The minimum Gasteiger partial charge on any atom is -0.367 e. The molecule has 7 nitrogen and oxygen atoms in total. The summed E-state index contributed by atoms with van der Waals surface area (Å²) >= 11 is 0.972. The van der Waals surface area contributed by atoms with Crippen LogP contribution in [0.2, 0.25) is 0 Å². The van der Waals surface area contributed by atoms with Gasteiger partial charge in [-0.25, -0.2) is 5.43 Å². The van der Waals surface area contributed by atoms with Crippen molar-refractivity contribution >= 4 is 28.5 Å². The van der Waals surface area contributed by atoms with Gasteiger partial charge in [-0.05, 0) is 11.6 Å². The zero-order valence-corrected chi connectivity index (χ0v) is 12.4. The number of ether oxygens (including phenoxy) is 1. The van der Waals surface area contributed by atoms with Crippen LogP contribution in [0.25, 0.3) is 0 Å². The number of amides is 1. The lowest BCUT2D eigenvalue weighted by atomic mass is 10.1. The third-order valence-corrected chi connectivity index (χ3v) is 3.71. The van der Waals surface area contributed by atoms with Gasteiger partial charge in [0.05, 0.1) is 16.0 Å². The number of hydrogen-bond acceptors (Lipinski definition) is 6. The lowest BCUT2D eigenvalue weighted by Crippen LogP contribution is -2.26. The number of hydrazone groups is 1. The first kappa shape index (κ1) is 15.8.